The molecule has 0 bridgehead atoms. The highest BCUT2D eigenvalue weighted by Crippen LogP contribution is 2.19. The third kappa shape index (κ3) is 4.19. The normalized spacial score (nSPS) is 22.3. The topological polar surface area (TPSA) is 60.6 Å². The predicted molar refractivity (Wildman–Crippen MR) is 104 cm³/mol. The van der Waals surface area contributed by atoms with Crippen LogP contribution in [0, 0.1) is 0 Å². The number of nitrogens with zero attached hydrogens (tertiary/aromatic N) is 2. The van der Waals surface area contributed by atoms with Crippen molar-refractivity contribution in [3.05, 3.63) is 30.5 Å². The Labute approximate surface area is 154 Å². The zero-order chi connectivity index (χ0) is 17.8. The van der Waals surface area contributed by atoms with Crippen LogP contribution in [0.1, 0.15) is 25.7 Å². The van der Waals surface area contributed by atoms with Gasteiger partial charge in [-0.05, 0) is 56.6 Å². The summed E-state index contributed by atoms with van der Waals surface area (Å²) >= 11 is 0. The molecule has 1 atom stereocenters. The van der Waals surface area contributed by atoms with Crippen molar-refractivity contribution in [3.63, 3.8) is 0 Å². The number of carbonyl (C=O) groups is 1. The van der Waals surface area contributed by atoms with Gasteiger partial charge in [-0.3, -0.25) is 0 Å². The highest BCUT2D eigenvalue weighted by Gasteiger charge is 2.25. The monoisotopic (exact) mass is 356 g/mol. The molecule has 2 aliphatic rings. The lowest BCUT2D eigenvalue weighted by Gasteiger charge is -2.31. The molecule has 6 nitrogen and oxygen atoms in total. The molecule has 0 saturated carbocycles. The Balaban J connectivity index is 1.37. The minimum atomic E-state index is -0.0333. The summed E-state index contributed by atoms with van der Waals surface area (Å²) < 4.78 is 6.02. The van der Waals surface area contributed by atoms with Gasteiger partial charge in [0.25, 0.3) is 0 Å². The van der Waals surface area contributed by atoms with Gasteiger partial charge in [0.05, 0.1) is 6.10 Å². The Morgan fingerprint density at radius 2 is 2.04 bits per heavy atom. The minimum Gasteiger partial charge on any atom is -0.375 e. The van der Waals surface area contributed by atoms with E-state index >= 15 is 0 Å². The van der Waals surface area contributed by atoms with Crippen molar-refractivity contribution in [1.29, 1.82) is 0 Å². The van der Waals surface area contributed by atoms with E-state index in [0.717, 1.165) is 55.8 Å². The van der Waals surface area contributed by atoms with E-state index in [4.69, 9.17) is 4.74 Å². The molecule has 140 valence electrons. The minimum absolute atomic E-state index is 0.0333. The van der Waals surface area contributed by atoms with Crippen LogP contribution in [0.2, 0.25) is 0 Å². The maximum atomic E-state index is 12.8. The number of benzene rings is 1. The lowest BCUT2D eigenvalue weighted by atomic mass is 10.1. The SMILES string of the molecule is O=C(Nc1ccc2[nH]ccc2c1)N1CCCO[C@H](CN2CCCCC2)C1. The first-order valence-electron chi connectivity index (χ1n) is 9.75. The van der Waals surface area contributed by atoms with Crippen molar-refractivity contribution in [2.45, 2.75) is 31.8 Å². The van der Waals surface area contributed by atoms with Gasteiger partial charge in [-0.25, -0.2) is 4.79 Å². The number of carbonyl (C=O) groups excluding carboxylic acids is 1. The van der Waals surface area contributed by atoms with Crippen LogP contribution in [0.25, 0.3) is 10.9 Å². The van der Waals surface area contributed by atoms with Crippen LogP contribution >= 0.6 is 0 Å². The average molecular weight is 356 g/mol. The molecule has 2 fully saturated rings. The summed E-state index contributed by atoms with van der Waals surface area (Å²) in [6, 6.07) is 7.92. The van der Waals surface area contributed by atoms with Gasteiger partial charge in [0, 0.05) is 49.0 Å². The first kappa shape index (κ1) is 17.4. The fraction of sp³-hybridized carbons (Fsp3) is 0.550. The number of anilines is 1. The molecule has 4 rings (SSSR count). The molecule has 2 aliphatic heterocycles. The van der Waals surface area contributed by atoms with Crippen molar-refractivity contribution < 1.29 is 9.53 Å². The summed E-state index contributed by atoms with van der Waals surface area (Å²) in [5.41, 5.74) is 1.91. The molecule has 1 aromatic heterocycles. The lowest BCUT2D eigenvalue weighted by molar-refractivity contribution is 0.0261. The summed E-state index contributed by atoms with van der Waals surface area (Å²) in [7, 11) is 0. The first-order chi connectivity index (χ1) is 12.8. The van der Waals surface area contributed by atoms with Gasteiger partial charge in [-0.1, -0.05) is 6.42 Å². The Morgan fingerprint density at radius 3 is 2.92 bits per heavy atom. The Hall–Kier alpha value is -2.05. The zero-order valence-corrected chi connectivity index (χ0v) is 15.2. The molecule has 2 N–H and O–H groups in total. The smallest absolute Gasteiger partial charge is 0.321 e. The second kappa shape index (κ2) is 8.10. The van der Waals surface area contributed by atoms with Crippen LogP contribution in [-0.2, 0) is 4.74 Å². The van der Waals surface area contributed by atoms with Crippen LogP contribution in [-0.4, -0.2) is 66.2 Å². The molecule has 0 unspecified atom stereocenters. The van der Waals surface area contributed by atoms with Crippen molar-refractivity contribution in [1.82, 2.24) is 14.8 Å². The lowest BCUT2D eigenvalue weighted by Crippen LogP contribution is -2.45. The number of hydrogen-bond donors (Lipinski definition) is 2. The number of ether oxygens (including phenoxy) is 1. The van der Waals surface area contributed by atoms with E-state index < -0.39 is 0 Å². The molecule has 0 aliphatic carbocycles. The van der Waals surface area contributed by atoms with Crippen LogP contribution < -0.4 is 5.32 Å². The number of H-pyrrole nitrogens is 1. The molecule has 1 aromatic carbocycles. The highest BCUT2D eigenvalue weighted by atomic mass is 16.5. The predicted octanol–water partition coefficient (Wildman–Crippen LogP) is 3.28. The fourth-order valence-corrected chi connectivity index (χ4v) is 3.95. The summed E-state index contributed by atoms with van der Waals surface area (Å²) in [5.74, 6) is 0. The highest BCUT2D eigenvalue weighted by molar-refractivity contribution is 5.92. The van der Waals surface area contributed by atoms with Gasteiger partial charge in [0.1, 0.15) is 0 Å². The number of rotatable bonds is 3. The van der Waals surface area contributed by atoms with Crippen LogP contribution in [0.5, 0.6) is 0 Å². The van der Waals surface area contributed by atoms with Gasteiger partial charge >= 0.3 is 6.03 Å². The number of nitrogens with one attached hydrogen (secondary N) is 2. The van der Waals surface area contributed by atoms with Gasteiger partial charge < -0.3 is 24.8 Å². The third-order valence-electron chi connectivity index (χ3n) is 5.35. The van der Waals surface area contributed by atoms with Crippen LogP contribution in [0.3, 0.4) is 0 Å². The number of urea groups is 1. The zero-order valence-electron chi connectivity index (χ0n) is 15.2. The van der Waals surface area contributed by atoms with E-state index in [1.54, 1.807) is 0 Å². The summed E-state index contributed by atoms with van der Waals surface area (Å²) in [6.45, 7) is 5.38. The fourth-order valence-electron chi connectivity index (χ4n) is 3.95. The first-order valence-corrected chi connectivity index (χ1v) is 9.75. The number of likely N-dealkylation sites (tertiary alicyclic amines) is 1. The molecule has 3 heterocycles. The van der Waals surface area contributed by atoms with Crippen molar-refractivity contribution >= 4 is 22.6 Å². The Morgan fingerprint density at radius 1 is 1.15 bits per heavy atom. The molecule has 0 spiro atoms. The summed E-state index contributed by atoms with van der Waals surface area (Å²) in [5, 5.41) is 4.15. The maximum Gasteiger partial charge on any atom is 0.321 e. The van der Waals surface area contributed by atoms with Crippen molar-refractivity contribution in [2.75, 3.05) is 44.6 Å². The average Bonchev–Trinajstić information content (AvgIpc) is 3.00. The molecular formula is C20H28N4O2. The second-order valence-electron chi connectivity index (χ2n) is 7.36. The van der Waals surface area contributed by atoms with Gasteiger partial charge in [-0.15, -0.1) is 0 Å². The quantitative estimate of drug-likeness (QED) is 0.887. The van der Waals surface area contributed by atoms with Crippen LogP contribution in [0.15, 0.2) is 30.5 Å². The van der Waals surface area contributed by atoms with E-state index in [9.17, 15) is 4.79 Å². The van der Waals surface area contributed by atoms with Gasteiger partial charge in [0.2, 0.25) is 0 Å². The number of amides is 2. The molecule has 2 aromatic rings. The number of aromatic amines is 1. The van der Waals surface area contributed by atoms with E-state index in [1.807, 2.05) is 35.4 Å². The number of aromatic nitrogens is 1. The molecule has 26 heavy (non-hydrogen) atoms. The number of hydrogen-bond acceptors (Lipinski definition) is 3. The van der Waals surface area contributed by atoms with Gasteiger partial charge in [-0.2, -0.15) is 0 Å². The Bertz CT molecular complexity index is 738. The van der Waals surface area contributed by atoms with Crippen molar-refractivity contribution in [3.8, 4) is 0 Å². The maximum absolute atomic E-state index is 12.8. The Kier molecular flexibility index (Phi) is 5.41. The van der Waals surface area contributed by atoms with Crippen LogP contribution in [0.4, 0.5) is 10.5 Å². The molecular weight excluding hydrogens is 328 g/mol. The third-order valence-corrected chi connectivity index (χ3v) is 5.35. The number of piperidine rings is 1. The molecule has 6 heteroatoms. The standard InChI is InChI=1S/C20H28N4O2/c25-20(22-17-5-6-19-16(13-17)7-8-21-19)24-11-4-12-26-18(15-24)14-23-9-2-1-3-10-23/h5-8,13,18,21H,1-4,9-12,14-15H2,(H,22,25)/t18-/m1/s1. The molecule has 2 amide bonds. The van der Waals surface area contributed by atoms with E-state index in [-0.39, 0.29) is 12.1 Å². The van der Waals surface area contributed by atoms with Crippen molar-refractivity contribution in [2.24, 2.45) is 0 Å². The van der Waals surface area contributed by atoms with E-state index in [1.165, 1.54) is 19.3 Å². The van der Waals surface area contributed by atoms with E-state index in [0.29, 0.717) is 6.54 Å². The number of fused-ring (bicyclic) bond motifs is 1. The summed E-state index contributed by atoms with van der Waals surface area (Å²) in [6.07, 6.45) is 6.79. The van der Waals surface area contributed by atoms with E-state index in [2.05, 4.69) is 15.2 Å². The summed E-state index contributed by atoms with van der Waals surface area (Å²) in [4.78, 5) is 20.3. The largest absolute Gasteiger partial charge is 0.375 e. The molecule has 2 saturated heterocycles. The second-order valence-corrected chi connectivity index (χ2v) is 7.36. The van der Waals surface area contributed by atoms with Gasteiger partial charge in [0.15, 0.2) is 0 Å². The molecule has 0 radical (unpaired) electrons.